The van der Waals surface area contributed by atoms with Crippen molar-refractivity contribution in [2.24, 2.45) is 11.7 Å². The van der Waals surface area contributed by atoms with Crippen molar-refractivity contribution in [1.82, 2.24) is 5.32 Å². The van der Waals surface area contributed by atoms with Crippen molar-refractivity contribution in [2.45, 2.75) is 64.5 Å². The SMILES string of the molecule is CCCCCCCCCNC(=O)C(CC(=O)[O-])C(N)[N+](C)(C)C. The van der Waals surface area contributed by atoms with Crippen LogP contribution in [0.3, 0.4) is 0 Å². The van der Waals surface area contributed by atoms with E-state index in [9.17, 15) is 14.7 Å². The van der Waals surface area contributed by atoms with E-state index in [4.69, 9.17) is 5.73 Å². The van der Waals surface area contributed by atoms with Gasteiger partial charge in [0.25, 0.3) is 0 Å². The molecule has 0 saturated heterocycles. The molecule has 0 aromatic carbocycles. The lowest BCUT2D eigenvalue weighted by Crippen LogP contribution is -2.59. The number of carboxylic acids is 1. The smallest absolute Gasteiger partial charge is 0.231 e. The molecule has 3 N–H and O–H groups in total. The zero-order valence-electron chi connectivity index (χ0n) is 15.3. The Hall–Kier alpha value is -1.14. The topological polar surface area (TPSA) is 95.2 Å². The predicted octanol–water partition coefficient (Wildman–Crippen LogP) is 0.600. The zero-order chi connectivity index (χ0) is 17.9. The first kappa shape index (κ1) is 21.9. The number of carboxylic acid groups (broad SMARTS) is 1. The first-order valence-corrected chi connectivity index (χ1v) is 8.74. The molecule has 0 radical (unpaired) electrons. The molecule has 0 aromatic heterocycles. The van der Waals surface area contributed by atoms with Gasteiger partial charge in [-0.3, -0.25) is 10.5 Å². The van der Waals surface area contributed by atoms with E-state index in [2.05, 4.69) is 12.2 Å². The van der Waals surface area contributed by atoms with Crippen LogP contribution in [0.4, 0.5) is 0 Å². The molecule has 0 aliphatic rings. The minimum atomic E-state index is -1.25. The summed E-state index contributed by atoms with van der Waals surface area (Å²) >= 11 is 0. The molecule has 0 fully saturated rings. The van der Waals surface area contributed by atoms with Gasteiger partial charge < -0.3 is 19.7 Å². The Morgan fingerprint density at radius 1 is 1.04 bits per heavy atom. The number of aliphatic carboxylic acids is 1. The molecule has 0 saturated carbocycles. The molecule has 1 amide bonds. The molecule has 6 nitrogen and oxygen atoms in total. The fourth-order valence-corrected chi connectivity index (χ4v) is 2.51. The third-order valence-corrected chi connectivity index (χ3v) is 4.11. The summed E-state index contributed by atoms with van der Waals surface area (Å²) in [5, 5.41) is 13.7. The molecule has 2 unspecified atom stereocenters. The predicted molar refractivity (Wildman–Crippen MR) is 90.1 cm³/mol. The van der Waals surface area contributed by atoms with Crippen LogP contribution in [-0.2, 0) is 9.59 Å². The molecule has 0 heterocycles. The summed E-state index contributed by atoms with van der Waals surface area (Å²) in [4.78, 5) is 23.1. The average Bonchev–Trinajstić information content (AvgIpc) is 2.45. The largest absolute Gasteiger partial charge is 0.550 e. The van der Waals surface area contributed by atoms with Gasteiger partial charge in [-0.1, -0.05) is 45.4 Å². The second-order valence-corrected chi connectivity index (χ2v) is 7.20. The Labute approximate surface area is 141 Å². The number of rotatable bonds is 13. The quantitative estimate of drug-likeness (QED) is 0.294. The van der Waals surface area contributed by atoms with Crippen LogP contribution >= 0.6 is 0 Å². The minimum absolute atomic E-state index is 0.291. The van der Waals surface area contributed by atoms with E-state index in [1.165, 1.54) is 32.1 Å². The molecule has 2 atom stereocenters. The maximum atomic E-state index is 12.2. The molecule has 0 bridgehead atoms. The molecule has 6 heteroatoms. The number of nitrogens with two attached hydrogens (primary N) is 1. The van der Waals surface area contributed by atoms with Gasteiger partial charge in [-0.25, -0.2) is 0 Å². The Kier molecular flexibility index (Phi) is 10.8. The van der Waals surface area contributed by atoms with Crippen LogP contribution in [0.15, 0.2) is 0 Å². The van der Waals surface area contributed by atoms with Crippen LogP contribution in [0.25, 0.3) is 0 Å². The number of unbranched alkanes of at least 4 members (excludes halogenated alkanes) is 6. The number of amides is 1. The Bertz CT molecular complexity index is 353. The van der Waals surface area contributed by atoms with Crippen LogP contribution in [0.1, 0.15) is 58.3 Å². The summed E-state index contributed by atoms with van der Waals surface area (Å²) in [6.45, 7) is 2.76. The third-order valence-electron chi connectivity index (χ3n) is 4.11. The van der Waals surface area contributed by atoms with E-state index in [0.29, 0.717) is 11.0 Å². The Morgan fingerprint density at radius 3 is 2.04 bits per heavy atom. The Balaban J connectivity index is 4.17. The van der Waals surface area contributed by atoms with E-state index in [-0.39, 0.29) is 12.3 Å². The van der Waals surface area contributed by atoms with E-state index in [1.807, 2.05) is 21.1 Å². The van der Waals surface area contributed by atoms with Crippen molar-refractivity contribution in [3.63, 3.8) is 0 Å². The molecular formula is C17H35N3O3. The number of nitrogens with zero attached hydrogens (tertiary/aromatic N) is 1. The number of hydrogen-bond donors (Lipinski definition) is 2. The van der Waals surface area contributed by atoms with Gasteiger partial charge in [0, 0.05) is 18.9 Å². The summed E-state index contributed by atoms with van der Waals surface area (Å²) in [6.07, 6.45) is 7.27. The first-order valence-electron chi connectivity index (χ1n) is 8.74. The lowest BCUT2D eigenvalue weighted by atomic mass is 9.99. The van der Waals surface area contributed by atoms with Gasteiger partial charge in [-0.15, -0.1) is 0 Å². The molecule has 0 aliphatic heterocycles. The van der Waals surface area contributed by atoms with Crippen molar-refractivity contribution in [3.8, 4) is 0 Å². The number of carbonyl (C=O) groups excluding carboxylic acids is 2. The average molecular weight is 329 g/mol. The standard InChI is InChI=1S/C17H35N3O3/c1-5-6-7-8-9-10-11-12-19-17(23)14(13-15(21)22)16(18)20(2,3)4/h14,16H,5-13,18H2,1-4H3,(H-,19,21,22,23). The van der Waals surface area contributed by atoms with Crippen molar-refractivity contribution in [2.75, 3.05) is 27.7 Å². The van der Waals surface area contributed by atoms with Gasteiger partial charge in [-0.2, -0.15) is 0 Å². The molecule has 0 aromatic rings. The molecule has 0 aliphatic carbocycles. The highest BCUT2D eigenvalue weighted by Gasteiger charge is 2.34. The summed E-state index contributed by atoms with van der Waals surface area (Å²) in [5.41, 5.74) is 6.06. The van der Waals surface area contributed by atoms with Gasteiger partial charge in [0.1, 0.15) is 5.92 Å². The highest BCUT2D eigenvalue weighted by molar-refractivity contribution is 5.83. The van der Waals surface area contributed by atoms with Crippen molar-refractivity contribution in [3.05, 3.63) is 0 Å². The Morgan fingerprint density at radius 2 is 1.57 bits per heavy atom. The number of carbonyl (C=O) groups is 2. The highest BCUT2D eigenvalue weighted by Crippen LogP contribution is 2.14. The summed E-state index contributed by atoms with van der Waals surface area (Å²) in [7, 11) is 5.53. The van der Waals surface area contributed by atoms with Gasteiger partial charge in [0.15, 0.2) is 6.17 Å². The van der Waals surface area contributed by atoms with Crippen LogP contribution in [0.2, 0.25) is 0 Å². The molecule has 0 spiro atoms. The third kappa shape index (κ3) is 10.3. The van der Waals surface area contributed by atoms with Gasteiger partial charge in [0.2, 0.25) is 5.91 Å². The van der Waals surface area contributed by atoms with Crippen molar-refractivity contribution in [1.29, 1.82) is 0 Å². The minimum Gasteiger partial charge on any atom is -0.550 e. The van der Waals surface area contributed by atoms with Crippen LogP contribution in [0.5, 0.6) is 0 Å². The summed E-state index contributed by atoms with van der Waals surface area (Å²) in [6, 6.07) is 0. The van der Waals surface area contributed by atoms with Gasteiger partial charge in [0.05, 0.1) is 21.1 Å². The van der Waals surface area contributed by atoms with Gasteiger partial charge >= 0.3 is 0 Å². The lowest BCUT2D eigenvalue weighted by Gasteiger charge is -2.35. The maximum absolute atomic E-state index is 12.2. The maximum Gasteiger partial charge on any atom is 0.231 e. The van der Waals surface area contributed by atoms with Crippen molar-refractivity contribution < 1.29 is 19.2 Å². The van der Waals surface area contributed by atoms with E-state index >= 15 is 0 Å². The van der Waals surface area contributed by atoms with Crippen LogP contribution in [-0.4, -0.2) is 50.2 Å². The lowest BCUT2D eigenvalue weighted by molar-refractivity contribution is -0.898. The van der Waals surface area contributed by atoms with Crippen LogP contribution in [0, 0.1) is 5.92 Å². The van der Waals surface area contributed by atoms with Crippen molar-refractivity contribution >= 4 is 11.9 Å². The number of quaternary nitrogens is 1. The summed E-state index contributed by atoms with van der Waals surface area (Å²) < 4.78 is 0.322. The molecule has 0 rings (SSSR count). The fraction of sp³-hybridized carbons (Fsp3) is 0.882. The number of nitrogens with one attached hydrogen (secondary N) is 1. The fourth-order valence-electron chi connectivity index (χ4n) is 2.51. The first-order chi connectivity index (χ1) is 10.7. The summed E-state index contributed by atoms with van der Waals surface area (Å²) in [5.74, 6) is -2.31. The van der Waals surface area contributed by atoms with Crippen LogP contribution < -0.4 is 16.2 Å². The second kappa shape index (κ2) is 11.4. The highest BCUT2D eigenvalue weighted by atomic mass is 16.4. The van der Waals surface area contributed by atoms with E-state index in [0.717, 1.165) is 12.8 Å². The molecular weight excluding hydrogens is 294 g/mol. The molecule has 136 valence electrons. The van der Waals surface area contributed by atoms with E-state index in [1.54, 1.807) is 0 Å². The second-order valence-electron chi connectivity index (χ2n) is 7.20. The monoisotopic (exact) mass is 329 g/mol. The van der Waals surface area contributed by atoms with Gasteiger partial charge in [-0.05, 0) is 6.42 Å². The zero-order valence-corrected chi connectivity index (χ0v) is 15.3. The van der Waals surface area contributed by atoms with E-state index < -0.39 is 18.1 Å². The molecule has 23 heavy (non-hydrogen) atoms. The number of hydrogen-bond acceptors (Lipinski definition) is 4. The normalized spacial score (nSPS) is 14.3.